The Labute approximate surface area is 291 Å². The maximum Gasteiger partial charge on any atom is 0.433 e. The third-order valence-corrected chi connectivity index (χ3v) is 8.21. The number of amides is 1. The highest BCUT2D eigenvalue weighted by Crippen LogP contribution is 2.42. The molecule has 0 radical (unpaired) electrons. The van der Waals surface area contributed by atoms with Crippen molar-refractivity contribution in [2.75, 3.05) is 28.7 Å². The fourth-order valence-corrected chi connectivity index (χ4v) is 5.37. The van der Waals surface area contributed by atoms with E-state index < -0.39 is 77.9 Å². The minimum absolute atomic E-state index is 0.00564. The average molecular weight is 751 g/mol. The summed E-state index contributed by atoms with van der Waals surface area (Å²) in [7, 11) is 0. The van der Waals surface area contributed by atoms with Gasteiger partial charge in [-0.2, -0.15) is 39.5 Å². The Morgan fingerprint density at radius 2 is 1.58 bits per heavy atom. The molecule has 19 heteroatoms. The van der Waals surface area contributed by atoms with Gasteiger partial charge in [-0.3, -0.25) is 9.69 Å². The van der Waals surface area contributed by atoms with Gasteiger partial charge in [0.1, 0.15) is 12.3 Å². The Morgan fingerprint density at radius 3 is 2.12 bits per heavy atom. The fraction of sp³-hybridized carbons (Fsp3) is 0.485. The van der Waals surface area contributed by atoms with E-state index >= 15 is 0 Å². The number of aliphatic carboxylic acids is 1. The van der Waals surface area contributed by atoms with Crippen molar-refractivity contribution in [3.63, 3.8) is 0 Å². The average Bonchev–Trinajstić information content (AvgIpc) is 3.05. The van der Waals surface area contributed by atoms with Crippen LogP contribution in [0.1, 0.15) is 86.8 Å². The maximum atomic E-state index is 13.8. The van der Waals surface area contributed by atoms with Crippen molar-refractivity contribution >= 4 is 29.4 Å². The van der Waals surface area contributed by atoms with Crippen molar-refractivity contribution in [3.05, 3.63) is 70.3 Å². The van der Waals surface area contributed by atoms with E-state index in [0.29, 0.717) is 31.2 Å². The van der Waals surface area contributed by atoms with Crippen LogP contribution in [0.4, 0.5) is 61.6 Å². The highest BCUT2D eigenvalue weighted by Gasteiger charge is 2.42. The van der Waals surface area contributed by atoms with Crippen molar-refractivity contribution in [2.24, 2.45) is 5.41 Å². The first kappa shape index (κ1) is 39.9. The number of alkyl halides is 9. The normalized spacial score (nSPS) is 16.7. The molecule has 10 nitrogen and oxygen atoms in total. The standard InChI is InChI=1S/C33H35F9N6O4/c1-5-9-43-23-15-44-28(45-21(23)12-17-10-18(31(34,35)36)13-19(11-17)32(37,38)39)46-22-14-20(6-2)48(29(51)52-16-30(3,4)27(49)50)24-7-8-25(33(40,41)42)47-26(22)24/h7-8,10-11,13,15,20,22,43H,5-6,9,12,14,16H2,1-4H3,(H,49,50)(H,44,45,46)/t20-,22+/m1/s1. The summed E-state index contributed by atoms with van der Waals surface area (Å²) in [5.41, 5.74) is -6.32. The van der Waals surface area contributed by atoms with Gasteiger partial charge in [0, 0.05) is 19.0 Å². The zero-order valence-electron chi connectivity index (χ0n) is 28.2. The number of carbonyl (C=O) groups is 2. The van der Waals surface area contributed by atoms with E-state index in [-0.39, 0.29) is 53.2 Å². The van der Waals surface area contributed by atoms with Gasteiger partial charge in [0.05, 0.1) is 51.5 Å². The molecule has 3 aromatic rings. The zero-order valence-corrected chi connectivity index (χ0v) is 28.2. The Bertz CT molecular complexity index is 1750. The molecule has 3 heterocycles. The van der Waals surface area contributed by atoms with E-state index in [1.165, 1.54) is 20.0 Å². The van der Waals surface area contributed by atoms with E-state index in [4.69, 9.17) is 4.74 Å². The van der Waals surface area contributed by atoms with Crippen LogP contribution in [0, 0.1) is 5.41 Å². The number of halogens is 9. The summed E-state index contributed by atoms with van der Waals surface area (Å²) in [5.74, 6) is -1.49. The molecule has 0 fully saturated rings. The molecular weight excluding hydrogens is 715 g/mol. The monoisotopic (exact) mass is 750 g/mol. The molecule has 0 aliphatic carbocycles. The zero-order chi connectivity index (χ0) is 38.8. The Hall–Kier alpha value is -4.84. The number of nitrogens with zero attached hydrogens (tertiary/aromatic N) is 4. The minimum Gasteiger partial charge on any atom is -0.481 e. The number of anilines is 3. The first-order chi connectivity index (χ1) is 24.0. The summed E-state index contributed by atoms with van der Waals surface area (Å²) in [4.78, 5) is 38.3. The van der Waals surface area contributed by atoms with Gasteiger partial charge in [-0.05, 0) is 69.0 Å². The number of hydrogen-bond donors (Lipinski definition) is 3. The van der Waals surface area contributed by atoms with Gasteiger partial charge in [0.15, 0.2) is 0 Å². The van der Waals surface area contributed by atoms with E-state index in [2.05, 4.69) is 25.6 Å². The lowest BCUT2D eigenvalue weighted by Crippen LogP contribution is -2.47. The first-order valence-corrected chi connectivity index (χ1v) is 16.0. The SMILES string of the molecule is CCCNc1cnc(N[C@H]2C[C@@H](CC)N(C(=O)OCC(C)(C)C(=O)O)c3ccc(C(F)(F)F)nc32)nc1Cc1cc(C(F)(F)F)cc(C(F)(F)F)c1. The Morgan fingerprint density at radius 1 is 0.942 bits per heavy atom. The van der Waals surface area contributed by atoms with E-state index in [9.17, 15) is 54.2 Å². The Balaban J connectivity index is 1.76. The van der Waals surface area contributed by atoms with Gasteiger partial charge < -0.3 is 20.5 Å². The lowest BCUT2D eigenvalue weighted by molar-refractivity contribution is -0.149. The van der Waals surface area contributed by atoms with Crippen LogP contribution < -0.4 is 15.5 Å². The van der Waals surface area contributed by atoms with Crippen LogP contribution in [-0.2, 0) is 34.5 Å². The van der Waals surface area contributed by atoms with Crippen molar-refractivity contribution in [1.82, 2.24) is 15.0 Å². The number of carboxylic acids is 1. The fourth-order valence-electron chi connectivity index (χ4n) is 5.37. The highest BCUT2D eigenvalue weighted by atomic mass is 19.4. The third kappa shape index (κ3) is 9.33. The predicted molar refractivity (Wildman–Crippen MR) is 170 cm³/mol. The lowest BCUT2D eigenvalue weighted by Gasteiger charge is -2.40. The number of nitrogens with one attached hydrogen (secondary N) is 2. The second kappa shape index (κ2) is 15.0. The number of hydrogen-bond acceptors (Lipinski definition) is 8. The molecule has 2 aromatic heterocycles. The number of ether oxygens (including phenoxy) is 1. The summed E-state index contributed by atoms with van der Waals surface area (Å²) >= 11 is 0. The van der Waals surface area contributed by atoms with Crippen LogP contribution in [0.25, 0.3) is 0 Å². The topological polar surface area (TPSA) is 130 Å². The van der Waals surface area contributed by atoms with E-state index in [1.54, 1.807) is 6.92 Å². The molecule has 2 atom stereocenters. The van der Waals surface area contributed by atoms with Crippen molar-refractivity contribution < 1.29 is 58.9 Å². The molecule has 0 saturated carbocycles. The molecule has 1 amide bonds. The minimum atomic E-state index is -5.09. The van der Waals surface area contributed by atoms with Gasteiger partial charge in [0.2, 0.25) is 5.95 Å². The van der Waals surface area contributed by atoms with Crippen molar-refractivity contribution in [1.29, 1.82) is 0 Å². The van der Waals surface area contributed by atoms with Crippen LogP contribution in [0.5, 0.6) is 0 Å². The molecule has 0 saturated heterocycles. The van der Waals surface area contributed by atoms with Crippen LogP contribution in [0.15, 0.2) is 36.5 Å². The molecule has 1 aliphatic rings. The van der Waals surface area contributed by atoms with Gasteiger partial charge in [-0.15, -0.1) is 0 Å². The first-order valence-electron chi connectivity index (χ1n) is 16.0. The molecule has 3 N–H and O–H groups in total. The van der Waals surface area contributed by atoms with E-state index in [1.807, 2.05) is 6.92 Å². The number of fused-ring (bicyclic) bond motifs is 1. The predicted octanol–water partition coefficient (Wildman–Crippen LogP) is 8.73. The highest BCUT2D eigenvalue weighted by molar-refractivity contribution is 5.90. The molecule has 1 aliphatic heterocycles. The van der Waals surface area contributed by atoms with Gasteiger partial charge in [-0.25, -0.2) is 19.7 Å². The van der Waals surface area contributed by atoms with Crippen LogP contribution in [0.2, 0.25) is 0 Å². The largest absolute Gasteiger partial charge is 0.481 e. The van der Waals surface area contributed by atoms with Crippen molar-refractivity contribution in [3.8, 4) is 0 Å². The lowest BCUT2D eigenvalue weighted by atomic mass is 9.93. The molecular formula is C33H35F9N6O4. The molecule has 4 rings (SSSR count). The number of carboxylic acid groups (broad SMARTS) is 1. The number of rotatable bonds is 11. The Kier molecular flexibility index (Phi) is 11.5. The molecule has 1 aromatic carbocycles. The molecule has 0 spiro atoms. The van der Waals surface area contributed by atoms with Gasteiger partial charge in [-0.1, -0.05) is 13.8 Å². The quantitative estimate of drug-likeness (QED) is 0.165. The smallest absolute Gasteiger partial charge is 0.433 e. The number of pyridine rings is 1. The van der Waals surface area contributed by atoms with E-state index in [0.717, 1.165) is 11.0 Å². The van der Waals surface area contributed by atoms with Crippen molar-refractivity contribution in [2.45, 2.75) is 84.0 Å². The number of carbonyl (C=O) groups excluding carboxylic acids is 1. The second-order valence-corrected chi connectivity index (χ2v) is 12.8. The second-order valence-electron chi connectivity index (χ2n) is 12.8. The summed E-state index contributed by atoms with van der Waals surface area (Å²) in [6.07, 6.45) is -14.6. The summed E-state index contributed by atoms with van der Waals surface area (Å²) in [6, 6.07) is 1.04. The molecule has 0 bridgehead atoms. The van der Waals surface area contributed by atoms with Crippen LogP contribution in [-0.4, -0.2) is 51.3 Å². The number of benzene rings is 1. The molecule has 0 unspecified atom stereocenters. The van der Waals surface area contributed by atoms with Crippen LogP contribution >= 0.6 is 0 Å². The summed E-state index contributed by atoms with van der Waals surface area (Å²) in [6.45, 7) is 5.93. The molecule has 284 valence electrons. The number of aromatic nitrogens is 3. The third-order valence-electron chi connectivity index (χ3n) is 8.21. The van der Waals surface area contributed by atoms with Gasteiger partial charge in [0.25, 0.3) is 0 Å². The maximum absolute atomic E-state index is 13.8. The molecule has 52 heavy (non-hydrogen) atoms. The summed E-state index contributed by atoms with van der Waals surface area (Å²) in [5, 5.41) is 15.3. The summed E-state index contributed by atoms with van der Waals surface area (Å²) < 4.78 is 128. The van der Waals surface area contributed by atoms with Gasteiger partial charge >= 0.3 is 30.6 Å². The van der Waals surface area contributed by atoms with Crippen LogP contribution in [0.3, 0.4) is 0 Å².